The molecule has 116 valence electrons. The van der Waals surface area contributed by atoms with Crippen molar-refractivity contribution in [2.75, 3.05) is 5.43 Å². The summed E-state index contributed by atoms with van der Waals surface area (Å²) in [5.74, 6) is -0.428. The van der Waals surface area contributed by atoms with Gasteiger partial charge in [-0.15, -0.1) is 0 Å². The standard InChI is InChI=1S/C16H14BrN5O/c17-11-6-7-13(21-22-14(9-18)16(19)20)12(8-11)15(23)10-4-2-1-3-5-10/h1-8,15,21,23H,(H3,19,20)/b22-14+. The van der Waals surface area contributed by atoms with E-state index in [1.165, 1.54) is 0 Å². The van der Waals surface area contributed by atoms with Crippen molar-refractivity contribution in [2.24, 2.45) is 10.8 Å². The van der Waals surface area contributed by atoms with E-state index in [9.17, 15) is 5.11 Å². The van der Waals surface area contributed by atoms with Gasteiger partial charge in [-0.2, -0.15) is 10.4 Å². The second-order valence-corrected chi connectivity index (χ2v) is 5.56. The molecule has 2 rings (SSSR count). The van der Waals surface area contributed by atoms with Crippen LogP contribution in [0.25, 0.3) is 0 Å². The van der Waals surface area contributed by atoms with Crippen LogP contribution >= 0.6 is 15.9 Å². The van der Waals surface area contributed by atoms with E-state index in [1.807, 2.05) is 30.3 Å². The zero-order chi connectivity index (χ0) is 16.8. The summed E-state index contributed by atoms with van der Waals surface area (Å²) in [5, 5.41) is 30.5. The minimum absolute atomic E-state index is 0.229. The number of hydrogen-bond donors (Lipinski definition) is 4. The Bertz CT molecular complexity index is 783. The maximum absolute atomic E-state index is 10.6. The van der Waals surface area contributed by atoms with Gasteiger partial charge < -0.3 is 10.8 Å². The van der Waals surface area contributed by atoms with Gasteiger partial charge in [-0.05, 0) is 23.8 Å². The first-order chi connectivity index (χ1) is 11.0. The monoisotopic (exact) mass is 371 g/mol. The summed E-state index contributed by atoms with van der Waals surface area (Å²) >= 11 is 3.37. The summed E-state index contributed by atoms with van der Waals surface area (Å²) in [4.78, 5) is 0. The summed E-state index contributed by atoms with van der Waals surface area (Å²) in [6, 6.07) is 16.2. The van der Waals surface area contributed by atoms with Crippen LogP contribution in [-0.2, 0) is 0 Å². The second-order valence-electron chi connectivity index (χ2n) is 4.64. The van der Waals surface area contributed by atoms with Crippen molar-refractivity contribution in [1.29, 1.82) is 10.7 Å². The van der Waals surface area contributed by atoms with Gasteiger partial charge in [0, 0.05) is 10.0 Å². The minimum atomic E-state index is -0.866. The Balaban J connectivity index is 2.39. The van der Waals surface area contributed by atoms with E-state index < -0.39 is 11.9 Å². The maximum Gasteiger partial charge on any atom is 0.201 e. The number of hydrogen-bond acceptors (Lipinski definition) is 5. The number of nitriles is 1. The fraction of sp³-hybridized carbons (Fsp3) is 0.0625. The summed E-state index contributed by atoms with van der Waals surface area (Å²) in [6.07, 6.45) is -0.866. The van der Waals surface area contributed by atoms with E-state index in [0.29, 0.717) is 11.3 Å². The molecule has 2 aromatic carbocycles. The molecule has 23 heavy (non-hydrogen) atoms. The lowest BCUT2D eigenvalue weighted by molar-refractivity contribution is 0.221. The molecule has 0 bridgehead atoms. The number of nitrogens with two attached hydrogens (primary N) is 1. The third-order valence-electron chi connectivity index (χ3n) is 3.07. The molecule has 1 unspecified atom stereocenters. The first-order valence-corrected chi connectivity index (χ1v) is 7.43. The van der Waals surface area contributed by atoms with Crippen LogP contribution in [0.3, 0.4) is 0 Å². The minimum Gasteiger partial charge on any atom is -0.384 e. The summed E-state index contributed by atoms with van der Waals surface area (Å²) in [7, 11) is 0. The van der Waals surface area contributed by atoms with Gasteiger partial charge in [0.2, 0.25) is 5.71 Å². The molecule has 0 amide bonds. The fourth-order valence-electron chi connectivity index (χ4n) is 1.94. The molecule has 0 aliphatic rings. The van der Waals surface area contributed by atoms with Gasteiger partial charge in [0.1, 0.15) is 12.2 Å². The molecular weight excluding hydrogens is 358 g/mol. The van der Waals surface area contributed by atoms with Crippen molar-refractivity contribution >= 4 is 33.2 Å². The maximum atomic E-state index is 10.6. The molecule has 0 saturated heterocycles. The van der Waals surface area contributed by atoms with Crippen molar-refractivity contribution in [3.05, 3.63) is 64.1 Å². The molecule has 0 aliphatic heterocycles. The van der Waals surface area contributed by atoms with Crippen LogP contribution in [0.5, 0.6) is 0 Å². The molecule has 0 heterocycles. The van der Waals surface area contributed by atoms with Gasteiger partial charge in [0.25, 0.3) is 0 Å². The number of nitrogens with one attached hydrogen (secondary N) is 2. The molecule has 7 heteroatoms. The largest absolute Gasteiger partial charge is 0.384 e. The number of hydrazone groups is 1. The summed E-state index contributed by atoms with van der Waals surface area (Å²) < 4.78 is 0.795. The van der Waals surface area contributed by atoms with Gasteiger partial charge in [0.05, 0.1) is 5.69 Å². The lowest BCUT2D eigenvalue weighted by Crippen LogP contribution is -2.22. The molecule has 0 radical (unpaired) electrons. The predicted octanol–water partition coefficient (Wildman–Crippen LogP) is 2.76. The van der Waals surface area contributed by atoms with E-state index in [0.717, 1.165) is 10.0 Å². The Labute approximate surface area is 141 Å². The number of halogens is 1. The van der Waals surface area contributed by atoms with Crippen LogP contribution in [0.4, 0.5) is 5.69 Å². The smallest absolute Gasteiger partial charge is 0.201 e. The molecule has 0 spiro atoms. The molecule has 1 atom stereocenters. The number of aliphatic hydroxyl groups excluding tert-OH is 1. The Morgan fingerprint density at radius 1 is 1.30 bits per heavy atom. The number of amidine groups is 1. The zero-order valence-electron chi connectivity index (χ0n) is 12.0. The van der Waals surface area contributed by atoms with E-state index >= 15 is 0 Å². The highest BCUT2D eigenvalue weighted by atomic mass is 79.9. The van der Waals surface area contributed by atoms with Gasteiger partial charge in [0.15, 0.2) is 5.84 Å². The molecule has 6 nitrogen and oxygen atoms in total. The quantitative estimate of drug-likeness (QED) is 0.367. The van der Waals surface area contributed by atoms with Gasteiger partial charge in [-0.3, -0.25) is 10.8 Å². The average Bonchev–Trinajstić information content (AvgIpc) is 2.56. The lowest BCUT2D eigenvalue weighted by atomic mass is 10.0. The molecule has 2 aromatic rings. The van der Waals surface area contributed by atoms with E-state index in [4.69, 9.17) is 16.4 Å². The van der Waals surface area contributed by atoms with Crippen LogP contribution in [-0.4, -0.2) is 16.7 Å². The Morgan fingerprint density at radius 3 is 2.61 bits per heavy atom. The third-order valence-corrected chi connectivity index (χ3v) is 3.57. The lowest BCUT2D eigenvalue weighted by Gasteiger charge is -2.16. The third kappa shape index (κ3) is 4.16. The Morgan fingerprint density at radius 2 is 2.00 bits per heavy atom. The van der Waals surface area contributed by atoms with E-state index in [-0.39, 0.29) is 5.71 Å². The summed E-state index contributed by atoms with van der Waals surface area (Å²) in [5.41, 5.74) is 9.53. The van der Waals surface area contributed by atoms with Crippen molar-refractivity contribution < 1.29 is 5.11 Å². The predicted molar refractivity (Wildman–Crippen MR) is 93.2 cm³/mol. The van der Waals surface area contributed by atoms with Crippen LogP contribution < -0.4 is 11.2 Å². The molecule has 5 N–H and O–H groups in total. The van der Waals surface area contributed by atoms with Crippen LogP contribution in [0.1, 0.15) is 17.2 Å². The zero-order valence-corrected chi connectivity index (χ0v) is 13.6. The first kappa shape index (κ1) is 16.7. The topological polar surface area (TPSA) is 118 Å². The number of benzene rings is 2. The van der Waals surface area contributed by atoms with Crippen molar-refractivity contribution in [3.8, 4) is 6.07 Å². The van der Waals surface area contributed by atoms with Gasteiger partial charge in [-0.25, -0.2) is 0 Å². The number of aliphatic hydroxyl groups is 1. The molecule has 0 saturated carbocycles. The number of anilines is 1. The van der Waals surface area contributed by atoms with Crippen LogP contribution in [0.2, 0.25) is 0 Å². The first-order valence-electron chi connectivity index (χ1n) is 6.63. The summed E-state index contributed by atoms with van der Waals surface area (Å²) in [6.45, 7) is 0. The molecule has 0 fully saturated rings. The Hall–Kier alpha value is -2.69. The Kier molecular flexibility index (Phi) is 5.46. The van der Waals surface area contributed by atoms with Crippen molar-refractivity contribution in [1.82, 2.24) is 0 Å². The average molecular weight is 372 g/mol. The van der Waals surface area contributed by atoms with Gasteiger partial charge >= 0.3 is 0 Å². The highest BCUT2D eigenvalue weighted by Gasteiger charge is 2.15. The van der Waals surface area contributed by atoms with E-state index in [2.05, 4.69) is 26.5 Å². The molecule has 0 aromatic heterocycles. The SMILES string of the molecule is N#C/C(=N\Nc1ccc(Br)cc1C(O)c1ccccc1)C(=N)N. The molecule has 0 aliphatic carbocycles. The number of nitrogens with zero attached hydrogens (tertiary/aromatic N) is 2. The molecular formula is C16H14BrN5O. The van der Waals surface area contributed by atoms with Crippen LogP contribution in [0.15, 0.2) is 58.1 Å². The van der Waals surface area contributed by atoms with Crippen molar-refractivity contribution in [3.63, 3.8) is 0 Å². The fourth-order valence-corrected chi connectivity index (χ4v) is 2.32. The van der Waals surface area contributed by atoms with Gasteiger partial charge in [-0.1, -0.05) is 46.3 Å². The second kappa shape index (κ2) is 7.54. The van der Waals surface area contributed by atoms with Crippen LogP contribution in [0, 0.1) is 16.7 Å². The van der Waals surface area contributed by atoms with E-state index in [1.54, 1.807) is 24.3 Å². The highest BCUT2D eigenvalue weighted by Crippen LogP contribution is 2.31. The van der Waals surface area contributed by atoms with Crippen molar-refractivity contribution in [2.45, 2.75) is 6.10 Å². The highest BCUT2D eigenvalue weighted by molar-refractivity contribution is 9.10. The number of rotatable bonds is 5. The normalized spacial score (nSPS) is 12.3.